The van der Waals surface area contributed by atoms with E-state index in [0.717, 1.165) is 18.8 Å². The number of hydrogen-bond donors (Lipinski definition) is 0. The SMILES string of the molecule is CCC1CCC(COc2ccc(C#N)c(F)c2F)CC1. The van der Waals surface area contributed by atoms with E-state index in [1.807, 2.05) is 0 Å². The average Bonchev–Trinajstić information content (AvgIpc) is 2.49. The lowest BCUT2D eigenvalue weighted by molar-refractivity contribution is 0.175. The molecule has 0 aromatic heterocycles. The highest BCUT2D eigenvalue weighted by atomic mass is 19.2. The Morgan fingerprint density at radius 2 is 1.80 bits per heavy atom. The van der Waals surface area contributed by atoms with E-state index in [-0.39, 0.29) is 11.3 Å². The highest BCUT2D eigenvalue weighted by Crippen LogP contribution is 2.31. The van der Waals surface area contributed by atoms with Gasteiger partial charge < -0.3 is 4.74 Å². The summed E-state index contributed by atoms with van der Waals surface area (Å²) in [5.74, 6) is -1.07. The molecular weight excluding hydrogens is 260 g/mol. The van der Waals surface area contributed by atoms with E-state index in [2.05, 4.69) is 6.92 Å². The lowest BCUT2D eigenvalue weighted by atomic mass is 9.81. The predicted octanol–water partition coefficient (Wildman–Crippen LogP) is 4.43. The molecule has 1 saturated carbocycles. The molecule has 2 nitrogen and oxygen atoms in total. The summed E-state index contributed by atoms with van der Waals surface area (Å²) < 4.78 is 32.5. The van der Waals surface area contributed by atoms with Crippen LogP contribution in [-0.4, -0.2) is 6.61 Å². The highest BCUT2D eigenvalue weighted by molar-refractivity contribution is 5.37. The summed E-state index contributed by atoms with van der Waals surface area (Å²) in [5.41, 5.74) is -0.293. The number of hydrogen-bond acceptors (Lipinski definition) is 2. The van der Waals surface area contributed by atoms with E-state index in [1.165, 1.54) is 31.4 Å². The molecule has 20 heavy (non-hydrogen) atoms. The topological polar surface area (TPSA) is 33.0 Å². The van der Waals surface area contributed by atoms with Crippen LogP contribution in [0.25, 0.3) is 0 Å². The van der Waals surface area contributed by atoms with Crippen molar-refractivity contribution >= 4 is 0 Å². The molecule has 0 bridgehead atoms. The lowest BCUT2D eigenvalue weighted by Crippen LogP contribution is -2.20. The third-order valence-corrected chi connectivity index (χ3v) is 4.19. The number of nitriles is 1. The molecule has 108 valence electrons. The predicted molar refractivity (Wildman–Crippen MR) is 72.3 cm³/mol. The Balaban J connectivity index is 1.92. The number of halogens is 2. The summed E-state index contributed by atoms with van der Waals surface area (Å²) >= 11 is 0. The lowest BCUT2D eigenvalue weighted by Gasteiger charge is -2.27. The van der Waals surface area contributed by atoms with Crippen molar-refractivity contribution in [2.24, 2.45) is 11.8 Å². The first-order valence-electron chi connectivity index (χ1n) is 7.16. The average molecular weight is 279 g/mol. The van der Waals surface area contributed by atoms with Gasteiger partial charge in [-0.05, 0) is 36.8 Å². The molecule has 0 aliphatic heterocycles. The van der Waals surface area contributed by atoms with Gasteiger partial charge in [0.05, 0.1) is 12.2 Å². The molecule has 0 radical (unpaired) electrons. The fraction of sp³-hybridized carbons (Fsp3) is 0.562. The zero-order valence-corrected chi connectivity index (χ0v) is 11.7. The second-order valence-corrected chi connectivity index (χ2v) is 5.46. The van der Waals surface area contributed by atoms with E-state index in [1.54, 1.807) is 6.07 Å². The Labute approximate surface area is 118 Å². The van der Waals surface area contributed by atoms with Crippen LogP contribution >= 0.6 is 0 Å². The van der Waals surface area contributed by atoms with Gasteiger partial charge in [-0.1, -0.05) is 26.2 Å². The van der Waals surface area contributed by atoms with Gasteiger partial charge in [-0.15, -0.1) is 0 Å². The molecule has 0 atom stereocenters. The van der Waals surface area contributed by atoms with Crippen LogP contribution in [-0.2, 0) is 0 Å². The van der Waals surface area contributed by atoms with Gasteiger partial charge in [-0.25, -0.2) is 4.39 Å². The zero-order valence-electron chi connectivity index (χ0n) is 11.7. The Morgan fingerprint density at radius 1 is 1.15 bits per heavy atom. The molecule has 0 amide bonds. The molecule has 0 heterocycles. The zero-order chi connectivity index (χ0) is 14.5. The maximum atomic E-state index is 13.7. The molecule has 0 unspecified atom stereocenters. The summed E-state index contributed by atoms with van der Waals surface area (Å²) in [7, 11) is 0. The molecule has 1 fully saturated rings. The standard InChI is InChI=1S/C16H19F2NO/c1-2-11-3-5-12(6-4-11)10-20-14-8-7-13(9-19)15(17)16(14)18/h7-8,11-12H,2-6,10H2,1H3. The van der Waals surface area contributed by atoms with Crippen molar-refractivity contribution in [2.75, 3.05) is 6.61 Å². The maximum Gasteiger partial charge on any atom is 0.201 e. The van der Waals surface area contributed by atoms with E-state index in [9.17, 15) is 8.78 Å². The normalized spacial score (nSPS) is 22.3. The summed E-state index contributed by atoms with van der Waals surface area (Å²) in [4.78, 5) is 0. The molecule has 1 aromatic carbocycles. The minimum atomic E-state index is -1.13. The molecule has 4 heteroatoms. The molecular formula is C16H19F2NO. The second kappa shape index (κ2) is 6.69. The minimum Gasteiger partial charge on any atom is -0.490 e. The van der Waals surface area contributed by atoms with E-state index < -0.39 is 11.6 Å². The van der Waals surface area contributed by atoms with Crippen LogP contribution in [0.3, 0.4) is 0 Å². The van der Waals surface area contributed by atoms with Crippen LogP contribution in [0, 0.1) is 34.8 Å². The van der Waals surface area contributed by atoms with E-state index in [4.69, 9.17) is 10.00 Å². The van der Waals surface area contributed by atoms with Crippen molar-refractivity contribution in [1.82, 2.24) is 0 Å². The van der Waals surface area contributed by atoms with Crippen LogP contribution in [0.2, 0.25) is 0 Å². The van der Waals surface area contributed by atoms with Crippen molar-refractivity contribution in [1.29, 1.82) is 5.26 Å². The van der Waals surface area contributed by atoms with Crippen molar-refractivity contribution in [3.8, 4) is 11.8 Å². The van der Waals surface area contributed by atoms with Crippen LogP contribution < -0.4 is 4.74 Å². The molecule has 0 N–H and O–H groups in total. The van der Waals surface area contributed by atoms with E-state index >= 15 is 0 Å². The van der Waals surface area contributed by atoms with Gasteiger partial charge in [-0.3, -0.25) is 0 Å². The van der Waals surface area contributed by atoms with Gasteiger partial charge in [0.2, 0.25) is 5.82 Å². The van der Waals surface area contributed by atoms with Crippen LogP contribution in [0.5, 0.6) is 5.75 Å². The number of rotatable bonds is 4. The Bertz CT molecular complexity index is 502. The second-order valence-electron chi connectivity index (χ2n) is 5.46. The van der Waals surface area contributed by atoms with Gasteiger partial charge in [0, 0.05) is 0 Å². The third-order valence-electron chi connectivity index (χ3n) is 4.19. The molecule has 0 saturated heterocycles. The molecule has 1 aliphatic rings. The summed E-state index contributed by atoms with van der Waals surface area (Å²) in [6.45, 7) is 2.62. The molecule has 0 spiro atoms. The molecule has 1 aliphatic carbocycles. The van der Waals surface area contributed by atoms with Crippen LogP contribution in [0.15, 0.2) is 12.1 Å². The van der Waals surface area contributed by atoms with Gasteiger partial charge in [0.15, 0.2) is 11.6 Å². The summed E-state index contributed by atoms with van der Waals surface area (Å²) in [6.07, 6.45) is 5.75. The smallest absolute Gasteiger partial charge is 0.201 e. The Morgan fingerprint density at radius 3 is 2.40 bits per heavy atom. The van der Waals surface area contributed by atoms with Crippen molar-refractivity contribution < 1.29 is 13.5 Å². The van der Waals surface area contributed by atoms with Crippen LogP contribution in [0.4, 0.5) is 8.78 Å². The van der Waals surface area contributed by atoms with Crippen molar-refractivity contribution in [3.63, 3.8) is 0 Å². The fourth-order valence-corrected chi connectivity index (χ4v) is 2.74. The van der Waals surface area contributed by atoms with Gasteiger partial charge >= 0.3 is 0 Å². The highest BCUT2D eigenvalue weighted by Gasteiger charge is 2.21. The monoisotopic (exact) mass is 279 g/mol. The first kappa shape index (κ1) is 14.8. The summed E-state index contributed by atoms with van der Waals surface area (Å²) in [5, 5.41) is 8.62. The first-order chi connectivity index (χ1) is 9.65. The Hall–Kier alpha value is -1.63. The van der Waals surface area contributed by atoms with Gasteiger partial charge in [0.25, 0.3) is 0 Å². The van der Waals surface area contributed by atoms with Gasteiger partial charge in [0.1, 0.15) is 6.07 Å². The van der Waals surface area contributed by atoms with Crippen molar-refractivity contribution in [2.45, 2.75) is 39.0 Å². The maximum absolute atomic E-state index is 13.7. The number of nitrogens with zero attached hydrogens (tertiary/aromatic N) is 1. The minimum absolute atomic E-state index is 0.0980. The van der Waals surface area contributed by atoms with E-state index in [0.29, 0.717) is 12.5 Å². The quantitative estimate of drug-likeness (QED) is 0.816. The Kier molecular flexibility index (Phi) is 4.94. The van der Waals surface area contributed by atoms with Gasteiger partial charge in [-0.2, -0.15) is 9.65 Å². The first-order valence-corrected chi connectivity index (χ1v) is 7.16. The van der Waals surface area contributed by atoms with Crippen molar-refractivity contribution in [3.05, 3.63) is 29.3 Å². The molecule has 1 aromatic rings. The van der Waals surface area contributed by atoms with Crippen LogP contribution in [0.1, 0.15) is 44.6 Å². The third kappa shape index (κ3) is 3.27. The number of benzene rings is 1. The number of ether oxygens (including phenoxy) is 1. The fourth-order valence-electron chi connectivity index (χ4n) is 2.74. The molecule has 2 rings (SSSR count). The largest absolute Gasteiger partial charge is 0.490 e. The summed E-state index contributed by atoms with van der Waals surface area (Å²) in [6, 6.07) is 4.19.